The number of ether oxygens (including phenoxy) is 2. The molecule has 0 aliphatic carbocycles. The van der Waals surface area contributed by atoms with E-state index in [4.69, 9.17) is 9.47 Å². The third-order valence-corrected chi connectivity index (χ3v) is 7.37. The second kappa shape index (κ2) is 11.1. The van der Waals surface area contributed by atoms with Crippen LogP contribution in [0.1, 0.15) is 44.7 Å². The second-order valence-electron chi connectivity index (χ2n) is 6.99. The fraction of sp³-hybridized carbons (Fsp3) is 0.632. The van der Waals surface area contributed by atoms with Gasteiger partial charge in [0.2, 0.25) is 11.6 Å². The van der Waals surface area contributed by atoms with Crippen molar-refractivity contribution >= 4 is 40.5 Å². The lowest BCUT2D eigenvalue weighted by molar-refractivity contribution is -0.118. The number of nitrogens with zero attached hydrogens (tertiary/aromatic N) is 1. The molecular weight excluding hydrogens is 417 g/mol. The summed E-state index contributed by atoms with van der Waals surface area (Å²) in [5.74, 6) is -0.349. The predicted molar refractivity (Wildman–Crippen MR) is 118 cm³/mol. The minimum absolute atomic E-state index is 0.0143. The molecule has 0 saturated carbocycles. The third-order valence-electron chi connectivity index (χ3n) is 4.32. The van der Waals surface area contributed by atoms with Crippen molar-refractivity contribution in [2.45, 2.75) is 58.8 Å². The van der Waals surface area contributed by atoms with Crippen LogP contribution in [0.25, 0.3) is 0 Å². The zero-order valence-electron chi connectivity index (χ0n) is 16.7. The number of hydrogen-bond acceptors (Lipinski definition) is 5. The van der Waals surface area contributed by atoms with Gasteiger partial charge in [0.1, 0.15) is 0 Å². The number of rotatable bonds is 10. The zero-order chi connectivity index (χ0) is 20.7. The molecule has 2 unspecified atom stereocenters. The summed E-state index contributed by atoms with van der Waals surface area (Å²) in [6.45, 7) is 6.93. The Morgan fingerprint density at radius 1 is 1.25 bits per heavy atom. The minimum Gasteiger partial charge on any atom is -0.348 e. The largest absolute Gasteiger partial charge is 0.348 e. The van der Waals surface area contributed by atoms with Crippen molar-refractivity contribution < 1.29 is 24.1 Å². The summed E-state index contributed by atoms with van der Waals surface area (Å²) in [4.78, 5) is 33.5. The number of hydrogen-bond donors (Lipinski definition) is 2. The summed E-state index contributed by atoms with van der Waals surface area (Å²) in [7, 11) is 0. The molecule has 6 nitrogen and oxygen atoms in total. The van der Waals surface area contributed by atoms with Gasteiger partial charge in [0, 0.05) is 5.69 Å². The number of carbonyl (C=O) groups excluding carboxylic acids is 1. The quantitative estimate of drug-likeness (QED) is 0.530. The third kappa shape index (κ3) is 7.75. The molecule has 1 saturated heterocycles. The molecule has 1 aliphatic heterocycles. The van der Waals surface area contributed by atoms with Crippen molar-refractivity contribution in [2.75, 3.05) is 23.8 Å². The Labute approximate surface area is 176 Å². The fourth-order valence-electron chi connectivity index (χ4n) is 3.16. The summed E-state index contributed by atoms with van der Waals surface area (Å²) in [5.41, 5.74) is -0.339. The van der Waals surface area contributed by atoms with Gasteiger partial charge in [-0.2, -0.15) is 0 Å². The molecule has 0 aromatic heterocycles. The lowest BCUT2D eigenvalue weighted by Crippen LogP contribution is -2.39. The van der Waals surface area contributed by atoms with Crippen molar-refractivity contribution in [3.63, 3.8) is 0 Å². The standard InChI is InChI=1S/C19H30NO5PS2/c1-4-6-15-8-16(7-5-2)10-17(9-15)20(11-19-24-12-14(3)25-19)18(21)13-28-26(22,23)27/h8-10,14,19H,4-7,11-13H2,1-3H3,(H2,22,23,27). The average molecular weight is 448 g/mol. The van der Waals surface area contributed by atoms with Gasteiger partial charge >= 0.3 is 0 Å². The smallest absolute Gasteiger partial charge is 0.242 e. The van der Waals surface area contributed by atoms with Crippen molar-refractivity contribution in [1.29, 1.82) is 0 Å². The van der Waals surface area contributed by atoms with Crippen LogP contribution in [0.3, 0.4) is 0 Å². The first-order valence-electron chi connectivity index (χ1n) is 9.62. The maximum Gasteiger partial charge on any atom is 0.242 e. The number of anilines is 1. The van der Waals surface area contributed by atoms with E-state index in [-0.39, 0.29) is 24.3 Å². The van der Waals surface area contributed by atoms with E-state index in [1.165, 1.54) is 11.1 Å². The molecule has 0 radical (unpaired) electrons. The van der Waals surface area contributed by atoms with Crippen LogP contribution in [0.15, 0.2) is 18.2 Å². The zero-order valence-corrected chi connectivity index (χ0v) is 19.2. The number of carbonyl (C=O) groups is 1. The van der Waals surface area contributed by atoms with Crippen molar-refractivity contribution in [3.8, 4) is 0 Å². The Kier molecular flexibility index (Phi) is 9.41. The van der Waals surface area contributed by atoms with E-state index in [2.05, 4.69) is 31.7 Å². The molecule has 9 heteroatoms. The molecule has 1 aliphatic rings. The van der Waals surface area contributed by atoms with Crippen LogP contribution in [0.4, 0.5) is 5.69 Å². The van der Waals surface area contributed by atoms with Crippen LogP contribution < -0.4 is 4.90 Å². The Bertz CT molecular complexity index is 687. The molecule has 1 heterocycles. The highest BCUT2D eigenvalue weighted by Gasteiger charge is 2.28. The molecule has 0 bridgehead atoms. The highest BCUT2D eigenvalue weighted by Crippen LogP contribution is 2.50. The van der Waals surface area contributed by atoms with Gasteiger partial charge in [0.15, 0.2) is 6.29 Å². The molecule has 2 rings (SSSR count). The van der Waals surface area contributed by atoms with Gasteiger partial charge in [-0.15, -0.1) is 0 Å². The first-order chi connectivity index (χ1) is 13.2. The maximum absolute atomic E-state index is 12.9. The van der Waals surface area contributed by atoms with Crippen LogP contribution in [0.2, 0.25) is 0 Å². The monoisotopic (exact) mass is 447 g/mol. The summed E-state index contributed by atoms with van der Waals surface area (Å²) < 4.78 is 11.4. The van der Waals surface area contributed by atoms with Gasteiger partial charge in [0.25, 0.3) is 0 Å². The van der Waals surface area contributed by atoms with Crippen LogP contribution in [-0.2, 0) is 38.9 Å². The lowest BCUT2D eigenvalue weighted by Gasteiger charge is -2.26. The maximum atomic E-state index is 12.9. The van der Waals surface area contributed by atoms with E-state index in [0.29, 0.717) is 18.0 Å². The van der Waals surface area contributed by atoms with E-state index in [0.717, 1.165) is 31.4 Å². The minimum atomic E-state index is -3.50. The van der Waals surface area contributed by atoms with Gasteiger partial charge in [-0.1, -0.05) is 44.1 Å². The van der Waals surface area contributed by atoms with Gasteiger partial charge in [-0.3, -0.25) is 4.79 Å². The number of amides is 1. The first kappa shape index (κ1) is 23.8. The molecule has 1 amide bonds. The number of benzene rings is 1. The fourth-order valence-corrected chi connectivity index (χ4v) is 4.90. The summed E-state index contributed by atoms with van der Waals surface area (Å²) in [6, 6.07) is 6.25. The van der Waals surface area contributed by atoms with E-state index in [9.17, 15) is 14.6 Å². The van der Waals surface area contributed by atoms with E-state index < -0.39 is 12.0 Å². The van der Waals surface area contributed by atoms with E-state index >= 15 is 0 Å². The Balaban J connectivity index is 2.30. The molecule has 158 valence electrons. The predicted octanol–water partition coefficient (Wildman–Crippen LogP) is 3.63. The second-order valence-corrected chi connectivity index (χ2v) is 13.0. The van der Waals surface area contributed by atoms with Gasteiger partial charge in [-0.25, -0.2) is 0 Å². The molecule has 0 spiro atoms. The summed E-state index contributed by atoms with van der Waals surface area (Å²) in [5, 5.41) is 0. The molecule has 1 aromatic carbocycles. The van der Waals surface area contributed by atoms with Crippen LogP contribution in [0, 0.1) is 0 Å². The Hall–Kier alpha value is -0.470. The van der Waals surface area contributed by atoms with Crippen molar-refractivity contribution in [1.82, 2.24) is 0 Å². The van der Waals surface area contributed by atoms with Crippen molar-refractivity contribution in [2.24, 2.45) is 0 Å². The van der Waals surface area contributed by atoms with Crippen LogP contribution >= 0.6 is 17.1 Å². The normalized spacial score (nSPS) is 19.8. The Morgan fingerprint density at radius 3 is 2.32 bits per heavy atom. The van der Waals surface area contributed by atoms with Gasteiger partial charge < -0.3 is 24.2 Å². The molecular formula is C19H30NO5PS2. The molecule has 2 atom stereocenters. The van der Waals surface area contributed by atoms with Gasteiger partial charge in [-0.05, 0) is 54.8 Å². The lowest BCUT2D eigenvalue weighted by atomic mass is 10.0. The highest BCUT2D eigenvalue weighted by molar-refractivity contribution is 8.67. The summed E-state index contributed by atoms with van der Waals surface area (Å²) in [6.07, 6.45) is 3.39. The summed E-state index contributed by atoms with van der Waals surface area (Å²) >= 11 is 5.36. The molecule has 28 heavy (non-hydrogen) atoms. The molecule has 1 fully saturated rings. The Morgan fingerprint density at radius 2 is 1.86 bits per heavy atom. The van der Waals surface area contributed by atoms with Gasteiger partial charge in [0.05, 0.1) is 25.0 Å². The molecule has 1 aromatic rings. The topological polar surface area (TPSA) is 79.2 Å². The van der Waals surface area contributed by atoms with Crippen LogP contribution in [0.5, 0.6) is 0 Å². The van der Waals surface area contributed by atoms with Crippen molar-refractivity contribution in [3.05, 3.63) is 29.3 Å². The number of aryl methyl sites for hydroxylation is 2. The SMILES string of the molecule is CCCc1cc(CCC)cc(N(CC2OCC(C)O2)C(=O)CSP(O)(O)=S)c1. The highest BCUT2D eigenvalue weighted by atomic mass is 32.9. The average Bonchev–Trinajstić information content (AvgIpc) is 3.02. The van der Waals surface area contributed by atoms with E-state index in [1.54, 1.807) is 4.90 Å². The first-order valence-corrected chi connectivity index (χ1v) is 13.9. The van der Waals surface area contributed by atoms with Crippen LogP contribution in [-0.4, -0.2) is 47.0 Å². The van der Waals surface area contributed by atoms with E-state index in [1.807, 2.05) is 19.1 Å². The molecule has 2 N–H and O–H groups in total.